The van der Waals surface area contributed by atoms with Crippen LogP contribution in [0, 0.1) is 23.7 Å². The Balaban J connectivity index is 3.78. The maximum Gasteiger partial charge on any atom is 0.306 e. The van der Waals surface area contributed by atoms with E-state index in [-0.39, 0.29) is 19.0 Å². The number of thiocarbonyl (C=S) groups is 1. The Morgan fingerprint density at radius 1 is 1.11 bits per heavy atom. The molecule has 0 rings (SSSR count). The maximum absolute atomic E-state index is 11.6. The number of terminal acetylenes is 1. The molecule has 0 aromatic rings. The maximum atomic E-state index is 11.6. The minimum Gasteiger partial charge on any atom is -0.452 e. The smallest absolute Gasteiger partial charge is 0.306 e. The summed E-state index contributed by atoms with van der Waals surface area (Å²) in [6.07, 6.45) is 18.8. The van der Waals surface area contributed by atoms with Gasteiger partial charge in [-0.15, -0.1) is 18.2 Å². The molecule has 0 aliphatic rings. The molecule has 0 aromatic heterocycles. The summed E-state index contributed by atoms with van der Waals surface area (Å²) in [6.45, 7) is 4.05. The Hall–Kier alpha value is -0.690. The second-order valence-corrected chi connectivity index (χ2v) is 10.9. The van der Waals surface area contributed by atoms with Crippen molar-refractivity contribution >= 4 is 45.2 Å². The minimum atomic E-state index is -0.711. The van der Waals surface area contributed by atoms with Crippen molar-refractivity contribution in [3.63, 3.8) is 0 Å². The second kappa shape index (κ2) is 18.3. The van der Waals surface area contributed by atoms with Gasteiger partial charge in [-0.25, -0.2) is 0 Å². The fourth-order valence-electron chi connectivity index (χ4n) is 2.62. The Labute approximate surface area is 186 Å². The third-order valence-corrected chi connectivity index (χ3v) is 7.23. The van der Waals surface area contributed by atoms with E-state index in [0.29, 0.717) is 6.42 Å². The molecule has 0 aliphatic heterocycles. The summed E-state index contributed by atoms with van der Waals surface area (Å²) < 4.78 is 4.91. The Morgan fingerprint density at radius 2 is 1.68 bits per heavy atom. The number of carbonyl (C=O) groups is 1. The third-order valence-electron chi connectivity index (χ3n) is 4.39. The van der Waals surface area contributed by atoms with Gasteiger partial charge in [-0.05, 0) is 25.5 Å². The molecule has 0 N–H and O–H groups in total. The summed E-state index contributed by atoms with van der Waals surface area (Å²) >= 11 is 8.44. The van der Waals surface area contributed by atoms with Gasteiger partial charge in [-0.3, -0.25) is 4.79 Å². The molecule has 158 valence electrons. The van der Waals surface area contributed by atoms with Crippen molar-refractivity contribution in [2.75, 3.05) is 12.4 Å². The number of ether oxygens (including phenoxy) is 1. The zero-order valence-electron chi connectivity index (χ0n) is 17.5. The standard InChI is InChI=1S/C22H35NO2S3/c1-4-6-7-8-9-10-11-12-13-14-18-27-21(26)28-22(3,19-23)16-15-20(24)25-17-5-2/h2H,4,6-18H2,1,3H3. The van der Waals surface area contributed by atoms with Crippen LogP contribution >= 0.6 is 35.7 Å². The summed E-state index contributed by atoms with van der Waals surface area (Å²) in [5.74, 6) is 2.88. The molecule has 28 heavy (non-hydrogen) atoms. The molecule has 0 heterocycles. The van der Waals surface area contributed by atoms with E-state index in [0.717, 1.165) is 15.7 Å². The summed E-state index contributed by atoms with van der Waals surface area (Å²) in [5.41, 5.74) is 0. The number of thioether (sulfide) groups is 2. The molecule has 0 aliphatic carbocycles. The van der Waals surface area contributed by atoms with Crippen LogP contribution in [-0.2, 0) is 9.53 Å². The first-order valence-electron chi connectivity index (χ1n) is 10.3. The number of hydrogen-bond donors (Lipinski definition) is 0. The number of hydrogen-bond acceptors (Lipinski definition) is 6. The van der Waals surface area contributed by atoms with Crippen LogP contribution in [0.3, 0.4) is 0 Å². The van der Waals surface area contributed by atoms with Gasteiger partial charge in [-0.2, -0.15) is 5.26 Å². The van der Waals surface area contributed by atoms with Gasteiger partial charge in [0.2, 0.25) is 0 Å². The molecule has 1 unspecified atom stereocenters. The molecule has 1 atom stereocenters. The Kier molecular flexibility index (Phi) is 17.9. The Morgan fingerprint density at radius 3 is 2.21 bits per heavy atom. The number of nitrogens with zero attached hydrogens (tertiary/aromatic N) is 1. The topological polar surface area (TPSA) is 50.1 Å². The van der Waals surface area contributed by atoms with Crippen molar-refractivity contribution in [2.45, 2.75) is 95.6 Å². The molecule has 0 aromatic carbocycles. The first-order valence-corrected chi connectivity index (χ1v) is 12.5. The Bertz CT molecular complexity index is 525. The van der Waals surface area contributed by atoms with E-state index in [4.69, 9.17) is 23.4 Å². The number of rotatable bonds is 16. The highest BCUT2D eigenvalue weighted by molar-refractivity contribution is 8.47. The lowest BCUT2D eigenvalue weighted by Crippen LogP contribution is -2.21. The number of esters is 1. The van der Waals surface area contributed by atoms with Crippen molar-refractivity contribution in [1.29, 1.82) is 5.26 Å². The molecule has 0 bridgehead atoms. The molecular weight excluding hydrogens is 406 g/mol. The van der Waals surface area contributed by atoms with E-state index >= 15 is 0 Å². The van der Waals surface area contributed by atoms with Crippen LogP contribution in [-0.4, -0.2) is 26.6 Å². The number of nitriles is 1. The fourth-order valence-corrected chi connectivity index (χ4v) is 5.60. The van der Waals surface area contributed by atoms with Gasteiger partial charge in [0.15, 0.2) is 6.61 Å². The lowest BCUT2D eigenvalue weighted by Gasteiger charge is -2.20. The van der Waals surface area contributed by atoms with Crippen LogP contribution in [0.5, 0.6) is 0 Å². The molecular formula is C22H35NO2S3. The highest BCUT2D eigenvalue weighted by Crippen LogP contribution is 2.34. The number of unbranched alkanes of at least 4 members (excludes halogenated alkanes) is 9. The SMILES string of the molecule is C#CCOC(=O)CCC(C)(C#N)SC(=S)SCCCCCCCCCCCC. The largest absolute Gasteiger partial charge is 0.452 e. The van der Waals surface area contributed by atoms with Crippen molar-refractivity contribution < 1.29 is 9.53 Å². The van der Waals surface area contributed by atoms with E-state index in [1.807, 2.05) is 6.92 Å². The van der Waals surface area contributed by atoms with Crippen LogP contribution in [0.4, 0.5) is 0 Å². The van der Waals surface area contributed by atoms with Crippen LogP contribution in [0.1, 0.15) is 90.9 Å². The van der Waals surface area contributed by atoms with Crippen LogP contribution in [0.15, 0.2) is 0 Å². The molecule has 0 saturated heterocycles. The molecule has 0 spiro atoms. The van der Waals surface area contributed by atoms with Gasteiger partial charge in [0.05, 0.1) is 6.07 Å². The highest BCUT2D eigenvalue weighted by atomic mass is 32.2. The van der Waals surface area contributed by atoms with Crippen LogP contribution in [0.25, 0.3) is 0 Å². The molecule has 0 radical (unpaired) electrons. The zero-order chi connectivity index (χ0) is 21.1. The highest BCUT2D eigenvalue weighted by Gasteiger charge is 2.28. The van der Waals surface area contributed by atoms with Gasteiger partial charge >= 0.3 is 5.97 Å². The van der Waals surface area contributed by atoms with Crippen molar-refractivity contribution in [3.8, 4) is 18.4 Å². The quantitative estimate of drug-likeness (QED) is 0.112. The van der Waals surface area contributed by atoms with Crippen LogP contribution in [0.2, 0.25) is 0 Å². The predicted molar refractivity (Wildman–Crippen MR) is 128 cm³/mol. The molecule has 0 saturated carbocycles. The summed E-state index contributed by atoms with van der Waals surface area (Å²) in [7, 11) is 0. The van der Waals surface area contributed by atoms with Crippen molar-refractivity contribution in [2.24, 2.45) is 0 Å². The third kappa shape index (κ3) is 16.3. The van der Waals surface area contributed by atoms with Gasteiger partial charge in [0.25, 0.3) is 0 Å². The first kappa shape index (κ1) is 27.3. The molecule has 0 fully saturated rings. The fraction of sp³-hybridized carbons (Fsp3) is 0.773. The predicted octanol–water partition coefficient (Wildman–Crippen LogP) is 6.90. The van der Waals surface area contributed by atoms with Crippen molar-refractivity contribution in [1.82, 2.24) is 0 Å². The minimum absolute atomic E-state index is 0.0254. The average molecular weight is 442 g/mol. The molecule has 0 amide bonds. The van der Waals surface area contributed by atoms with E-state index in [1.54, 1.807) is 11.8 Å². The van der Waals surface area contributed by atoms with Crippen LogP contribution < -0.4 is 0 Å². The molecule has 3 nitrogen and oxygen atoms in total. The lowest BCUT2D eigenvalue weighted by molar-refractivity contribution is -0.142. The lowest BCUT2D eigenvalue weighted by atomic mass is 10.1. The summed E-state index contributed by atoms with van der Waals surface area (Å²) in [4.78, 5) is 11.6. The van der Waals surface area contributed by atoms with E-state index < -0.39 is 4.75 Å². The van der Waals surface area contributed by atoms with E-state index in [1.165, 1.54) is 69.5 Å². The van der Waals surface area contributed by atoms with Gasteiger partial charge in [0.1, 0.15) is 8.28 Å². The second-order valence-electron chi connectivity index (χ2n) is 7.09. The van der Waals surface area contributed by atoms with Gasteiger partial charge in [-0.1, -0.05) is 94.6 Å². The monoisotopic (exact) mass is 441 g/mol. The first-order chi connectivity index (χ1) is 13.5. The van der Waals surface area contributed by atoms with E-state index in [9.17, 15) is 10.1 Å². The van der Waals surface area contributed by atoms with Gasteiger partial charge < -0.3 is 4.74 Å². The normalized spacial score (nSPS) is 12.6. The average Bonchev–Trinajstić information content (AvgIpc) is 2.69. The number of carbonyl (C=O) groups excluding carboxylic acids is 1. The summed E-state index contributed by atoms with van der Waals surface area (Å²) in [6, 6.07) is 2.28. The van der Waals surface area contributed by atoms with E-state index in [2.05, 4.69) is 18.9 Å². The van der Waals surface area contributed by atoms with Gasteiger partial charge in [0, 0.05) is 6.42 Å². The van der Waals surface area contributed by atoms with Crippen molar-refractivity contribution in [3.05, 3.63) is 0 Å². The summed E-state index contributed by atoms with van der Waals surface area (Å²) in [5, 5.41) is 9.46. The zero-order valence-corrected chi connectivity index (χ0v) is 19.9. The molecule has 6 heteroatoms.